The molecule has 0 radical (unpaired) electrons. The molecule has 1 aromatic carbocycles. The Morgan fingerprint density at radius 1 is 1.33 bits per heavy atom. The number of hydrogen-bond donors (Lipinski definition) is 2. The molecule has 0 atom stereocenters. The van der Waals surface area contributed by atoms with E-state index in [1.54, 1.807) is 6.21 Å². The second kappa shape index (κ2) is 2.70. The van der Waals surface area contributed by atoms with Gasteiger partial charge in [-0.15, -0.1) is 0 Å². The Kier molecular flexibility index (Phi) is 1.55. The fourth-order valence-corrected chi connectivity index (χ4v) is 1.12. The van der Waals surface area contributed by atoms with Crippen molar-refractivity contribution in [2.24, 2.45) is 5.10 Å². The highest BCUT2D eigenvalue weighted by molar-refractivity contribution is 5.84. The van der Waals surface area contributed by atoms with E-state index in [4.69, 9.17) is 5.73 Å². The second-order valence-electron chi connectivity index (χ2n) is 2.60. The number of hydrazone groups is 1. The van der Waals surface area contributed by atoms with Gasteiger partial charge in [-0.25, -0.2) is 0 Å². The quantitative estimate of drug-likeness (QED) is 0.566. The van der Waals surface area contributed by atoms with E-state index in [0.29, 0.717) is 0 Å². The number of nitrogens with zero attached hydrogens (tertiary/aromatic N) is 1. The van der Waals surface area contributed by atoms with Crippen LogP contribution in [0.1, 0.15) is 5.56 Å². The van der Waals surface area contributed by atoms with Crippen LogP contribution < -0.4 is 11.2 Å². The van der Waals surface area contributed by atoms with Crippen molar-refractivity contribution in [2.75, 3.05) is 11.2 Å². The maximum Gasteiger partial charge on any atom is 0.0635 e. The smallest absolute Gasteiger partial charge is 0.0635 e. The Bertz CT molecular complexity index is 353. The van der Waals surface area contributed by atoms with Gasteiger partial charge in [0.2, 0.25) is 0 Å². The lowest BCUT2D eigenvalue weighted by molar-refractivity contribution is 1.36. The van der Waals surface area contributed by atoms with Crippen molar-refractivity contribution in [3.63, 3.8) is 0 Å². The molecule has 0 saturated carbocycles. The molecule has 1 heterocycles. The molecule has 1 aliphatic heterocycles. The molecule has 0 aliphatic carbocycles. The lowest BCUT2D eigenvalue weighted by Crippen LogP contribution is -1.91. The summed E-state index contributed by atoms with van der Waals surface area (Å²) in [6.45, 7) is 0. The topological polar surface area (TPSA) is 50.4 Å². The van der Waals surface area contributed by atoms with Gasteiger partial charge in [0.1, 0.15) is 0 Å². The minimum Gasteiger partial charge on any atom is -0.399 e. The first-order valence-corrected chi connectivity index (χ1v) is 3.71. The molecule has 1 aliphatic rings. The molecule has 1 aromatic rings. The van der Waals surface area contributed by atoms with Crippen LogP contribution in [0.2, 0.25) is 0 Å². The maximum absolute atomic E-state index is 5.63. The van der Waals surface area contributed by atoms with Gasteiger partial charge in [-0.05, 0) is 24.3 Å². The first kappa shape index (κ1) is 6.91. The summed E-state index contributed by atoms with van der Waals surface area (Å²) >= 11 is 0. The number of anilines is 2. The van der Waals surface area contributed by atoms with Gasteiger partial charge in [0.15, 0.2) is 0 Å². The molecular weight excluding hydrogens is 150 g/mol. The Morgan fingerprint density at radius 2 is 2.25 bits per heavy atom. The zero-order valence-electron chi connectivity index (χ0n) is 6.49. The number of nitrogens with two attached hydrogens (primary N) is 1. The van der Waals surface area contributed by atoms with E-state index in [2.05, 4.69) is 10.5 Å². The molecule has 3 nitrogen and oxygen atoms in total. The number of fused-ring (bicyclic) bond motifs is 1. The van der Waals surface area contributed by atoms with Crippen LogP contribution in [0.5, 0.6) is 0 Å². The van der Waals surface area contributed by atoms with E-state index >= 15 is 0 Å². The SMILES string of the molecule is Nc1ccc2c(c1)C=CC=NN2. The Morgan fingerprint density at radius 3 is 3.17 bits per heavy atom. The van der Waals surface area contributed by atoms with Gasteiger partial charge in [-0.2, -0.15) is 5.10 Å². The average molecular weight is 159 g/mol. The van der Waals surface area contributed by atoms with Gasteiger partial charge < -0.3 is 5.73 Å². The van der Waals surface area contributed by atoms with Gasteiger partial charge in [0.05, 0.1) is 5.69 Å². The van der Waals surface area contributed by atoms with Gasteiger partial charge >= 0.3 is 0 Å². The van der Waals surface area contributed by atoms with Crippen LogP contribution in [0.4, 0.5) is 11.4 Å². The molecule has 12 heavy (non-hydrogen) atoms. The molecule has 0 bridgehead atoms. The van der Waals surface area contributed by atoms with Crippen molar-refractivity contribution in [1.29, 1.82) is 0 Å². The summed E-state index contributed by atoms with van der Waals surface area (Å²) in [5.41, 5.74) is 11.3. The summed E-state index contributed by atoms with van der Waals surface area (Å²) < 4.78 is 0. The Hall–Kier alpha value is -1.77. The molecule has 0 aromatic heterocycles. The van der Waals surface area contributed by atoms with E-state index in [9.17, 15) is 0 Å². The van der Waals surface area contributed by atoms with E-state index in [-0.39, 0.29) is 0 Å². The molecule has 0 saturated heterocycles. The third-order valence-electron chi connectivity index (χ3n) is 1.70. The fourth-order valence-electron chi connectivity index (χ4n) is 1.12. The first-order valence-electron chi connectivity index (χ1n) is 3.71. The van der Waals surface area contributed by atoms with Crippen LogP contribution in [-0.2, 0) is 0 Å². The van der Waals surface area contributed by atoms with Crippen molar-refractivity contribution in [3.05, 3.63) is 29.8 Å². The molecule has 3 N–H and O–H groups in total. The molecular formula is C9H9N3. The van der Waals surface area contributed by atoms with Crippen molar-refractivity contribution < 1.29 is 0 Å². The van der Waals surface area contributed by atoms with Crippen molar-refractivity contribution in [2.45, 2.75) is 0 Å². The van der Waals surface area contributed by atoms with Gasteiger partial charge in [0.25, 0.3) is 0 Å². The molecule has 0 fully saturated rings. The van der Waals surface area contributed by atoms with Crippen LogP contribution in [0, 0.1) is 0 Å². The zero-order valence-corrected chi connectivity index (χ0v) is 6.49. The highest BCUT2D eigenvalue weighted by Gasteiger charge is 1.99. The van der Waals surface area contributed by atoms with Crippen LogP contribution in [0.25, 0.3) is 6.08 Å². The minimum atomic E-state index is 0.766. The number of nitrogens with one attached hydrogen (secondary N) is 1. The largest absolute Gasteiger partial charge is 0.399 e. The predicted molar refractivity (Wildman–Crippen MR) is 52.0 cm³/mol. The van der Waals surface area contributed by atoms with E-state index < -0.39 is 0 Å². The molecule has 0 unspecified atom stereocenters. The highest BCUT2D eigenvalue weighted by atomic mass is 15.3. The summed E-state index contributed by atoms with van der Waals surface area (Å²) in [5.74, 6) is 0. The van der Waals surface area contributed by atoms with Crippen molar-refractivity contribution >= 4 is 23.7 Å². The van der Waals surface area contributed by atoms with Crippen LogP contribution in [-0.4, -0.2) is 6.21 Å². The molecule has 2 rings (SSSR count). The van der Waals surface area contributed by atoms with Crippen LogP contribution >= 0.6 is 0 Å². The Labute approximate surface area is 70.6 Å². The summed E-state index contributed by atoms with van der Waals surface area (Å²) in [6, 6.07) is 5.67. The lowest BCUT2D eigenvalue weighted by Gasteiger charge is -2.03. The number of nitrogen functional groups attached to an aromatic ring is 1. The summed E-state index contributed by atoms with van der Waals surface area (Å²) in [4.78, 5) is 0. The van der Waals surface area contributed by atoms with Crippen molar-refractivity contribution in [1.82, 2.24) is 0 Å². The zero-order chi connectivity index (χ0) is 8.39. The summed E-state index contributed by atoms with van der Waals surface area (Å²) in [7, 11) is 0. The fraction of sp³-hybridized carbons (Fsp3) is 0. The standard InChI is InChI=1S/C9H9N3/c10-8-3-4-9-7(6-8)2-1-5-11-12-9/h1-6,12H,10H2. The van der Waals surface area contributed by atoms with Crippen LogP contribution in [0.15, 0.2) is 29.4 Å². The molecule has 0 spiro atoms. The van der Waals surface area contributed by atoms with Gasteiger partial charge in [-0.3, -0.25) is 5.43 Å². The van der Waals surface area contributed by atoms with Gasteiger partial charge in [-0.1, -0.05) is 6.08 Å². The Balaban J connectivity index is 2.53. The third-order valence-corrected chi connectivity index (χ3v) is 1.70. The molecule has 3 heteroatoms. The summed E-state index contributed by atoms with van der Waals surface area (Å²) in [6.07, 6.45) is 5.55. The number of hydrogen-bond acceptors (Lipinski definition) is 3. The number of rotatable bonds is 0. The van der Waals surface area contributed by atoms with Crippen molar-refractivity contribution in [3.8, 4) is 0 Å². The number of benzene rings is 1. The molecule has 60 valence electrons. The first-order chi connectivity index (χ1) is 5.86. The minimum absolute atomic E-state index is 0.766. The van der Waals surface area contributed by atoms with E-state index in [1.165, 1.54) is 0 Å². The third kappa shape index (κ3) is 1.16. The normalized spacial score (nSPS) is 13.3. The van der Waals surface area contributed by atoms with E-state index in [0.717, 1.165) is 16.9 Å². The summed E-state index contributed by atoms with van der Waals surface area (Å²) in [5, 5.41) is 3.94. The number of allylic oxidation sites excluding steroid dienone is 1. The lowest BCUT2D eigenvalue weighted by atomic mass is 10.1. The molecule has 0 amide bonds. The van der Waals surface area contributed by atoms with Crippen LogP contribution in [0.3, 0.4) is 0 Å². The second-order valence-corrected chi connectivity index (χ2v) is 2.60. The maximum atomic E-state index is 5.63. The van der Waals surface area contributed by atoms with E-state index in [1.807, 2.05) is 30.4 Å². The highest BCUT2D eigenvalue weighted by Crippen LogP contribution is 2.21. The average Bonchev–Trinajstić information content (AvgIpc) is 2.28. The predicted octanol–water partition coefficient (Wildman–Crippen LogP) is 1.69. The monoisotopic (exact) mass is 159 g/mol. The van der Waals surface area contributed by atoms with Gasteiger partial charge in [0, 0.05) is 17.5 Å².